The minimum atomic E-state index is -1.56. The molecule has 0 saturated carbocycles. The molecule has 0 bridgehead atoms. The second-order valence-corrected chi connectivity index (χ2v) is 12.4. The molecule has 0 N–H and O–H groups in total. The third-order valence-corrected chi connectivity index (χ3v) is 13.2. The Morgan fingerprint density at radius 2 is 1.38 bits per heavy atom. The van der Waals surface area contributed by atoms with Gasteiger partial charge < -0.3 is 37.2 Å². The fourth-order valence-corrected chi connectivity index (χ4v) is 7.91. The summed E-state index contributed by atoms with van der Waals surface area (Å²) in [5.74, 6) is 0. The van der Waals surface area contributed by atoms with Crippen LogP contribution in [-0.2, 0) is 20.4 Å². The fourth-order valence-electron chi connectivity index (χ4n) is 3.17. The van der Waals surface area contributed by atoms with Crippen LogP contribution in [-0.4, -0.2) is 8.07 Å². The molecular formula is C16H21Cl3SiTi. The number of hydrogen-bond acceptors (Lipinski definition) is 0. The van der Waals surface area contributed by atoms with E-state index in [1.54, 1.807) is 10.8 Å². The van der Waals surface area contributed by atoms with Gasteiger partial charge in [0, 0.05) is 0 Å². The van der Waals surface area contributed by atoms with Gasteiger partial charge in [0.1, 0.15) is 0 Å². The van der Waals surface area contributed by atoms with Gasteiger partial charge in [0.05, 0.1) is 0 Å². The number of hydrogen-bond donors (Lipinski definition) is 0. The first-order chi connectivity index (χ1) is 8.31. The molecule has 0 radical (unpaired) electrons. The monoisotopic (exact) mass is 394 g/mol. The van der Waals surface area contributed by atoms with Gasteiger partial charge in [0.25, 0.3) is 0 Å². The molecule has 0 amide bonds. The van der Waals surface area contributed by atoms with Gasteiger partial charge in [-0.2, -0.15) is 0 Å². The zero-order valence-electron chi connectivity index (χ0n) is 13.1. The van der Waals surface area contributed by atoms with E-state index in [9.17, 15) is 0 Å². The first-order valence-corrected chi connectivity index (χ1v) is 10.3. The van der Waals surface area contributed by atoms with E-state index in [-0.39, 0.29) is 40.6 Å². The summed E-state index contributed by atoms with van der Waals surface area (Å²) in [5, 5.41) is 1.55. The zero-order valence-corrected chi connectivity index (χ0v) is 17.9. The molecule has 1 atom stereocenters. The summed E-state index contributed by atoms with van der Waals surface area (Å²) in [6.45, 7) is 11.9. The van der Waals surface area contributed by atoms with Gasteiger partial charge in [-0.25, -0.2) is 0 Å². The van der Waals surface area contributed by atoms with Crippen molar-refractivity contribution in [2.24, 2.45) is 0 Å². The number of halogens is 3. The summed E-state index contributed by atoms with van der Waals surface area (Å²) < 4.78 is 0.262. The molecule has 0 saturated heterocycles. The standard InChI is InChI=1S/C16H21Si.3ClH.Ti/c1-12-11-13(2)16(14(12)3)17(4,5)15-9-7-6-8-10-15;;;;/h6-11H,1-5H3;3*1H;/q;;;;+3/p-3. The first-order valence-electron chi connectivity index (χ1n) is 6.49. The Balaban J connectivity index is 0. The molecule has 1 aromatic rings. The van der Waals surface area contributed by atoms with Gasteiger partial charge in [-0.05, 0) is 0 Å². The van der Waals surface area contributed by atoms with Crippen molar-refractivity contribution in [1.82, 2.24) is 0 Å². The van der Waals surface area contributed by atoms with Gasteiger partial charge in [-0.1, -0.05) is 0 Å². The normalized spacial score (nSPS) is 21.0. The summed E-state index contributed by atoms with van der Waals surface area (Å²) in [4.78, 5) is 0. The second kappa shape index (κ2) is 8.38. The first kappa shape index (κ1) is 23.8. The van der Waals surface area contributed by atoms with Crippen LogP contribution in [0, 0.1) is 0 Å². The van der Waals surface area contributed by atoms with Crippen LogP contribution in [0.3, 0.4) is 0 Å². The fraction of sp³-hybridized carbons (Fsp3) is 0.375. The average molecular weight is 396 g/mol. The molecule has 0 aromatic heterocycles. The molecule has 1 aliphatic rings. The molecular weight excluding hydrogens is 374 g/mol. The summed E-state index contributed by atoms with van der Waals surface area (Å²) in [6, 6.07) is 11.1. The van der Waals surface area contributed by atoms with Crippen LogP contribution in [0.1, 0.15) is 20.8 Å². The summed E-state index contributed by atoms with van der Waals surface area (Å²) in [6.07, 6.45) is 2.38. The Labute approximate surface area is 160 Å². The second-order valence-electron chi connectivity index (χ2n) is 5.88. The Kier molecular flexibility index (Phi) is 9.48. The Hall–Kier alpha value is 0.501. The molecule has 114 valence electrons. The van der Waals surface area contributed by atoms with Gasteiger partial charge >= 0.3 is 124 Å². The minimum Gasteiger partial charge on any atom is -1.00 e. The summed E-state index contributed by atoms with van der Waals surface area (Å²) in [7, 11) is -1.56. The Bertz CT molecular complexity index is 538. The van der Waals surface area contributed by atoms with Crippen molar-refractivity contribution in [3.63, 3.8) is 0 Å². The van der Waals surface area contributed by atoms with Crippen LogP contribution >= 0.6 is 0 Å². The molecule has 0 heterocycles. The summed E-state index contributed by atoms with van der Waals surface area (Å²) in [5.41, 5.74) is 4.57. The van der Waals surface area contributed by atoms with Crippen LogP contribution in [0.5, 0.6) is 0 Å². The van der Waals surface area contributed by atoms with Crippen LogP contribution in [0.2, 0.25) is 16.4 Å². The van der Waals surface area contributed by atoms with E-state index in [4.69, 9.17) is 0 Å². The molecule has 0 nitrogen and oxygen atoms in total. The average Bonchev–Trinajstić information content (AvgIpc) is 2.55. The smallest absolute Gasteiger partial charge is 1.00 e. The van der Waals surface area contributed by atoms with Crippen molar-refractivity contribution < 1.29 is 57.7 Å². The van der Waals surface area contributed by atoms with Crippen LogP contribution in [0.25, 0.3) is 0 Å². The molecule has 1 aliphatic carbocycles. The molecule has 0 fully saturated rings. The van der Waals surface area contributed by atoms with Crippen molar-refractivity contribution in [2.45, 2.75) is 37.2 Å². The van der Waals surface area contributed by atoms with E-state index in [1.807, 2.05) is 0 Å². The molecule has 0 spiro atoms. The number of rotatable bonds is 2. The third-order valence-electron chi connectivity index (χ3n) is 4.61. The largest absolute Gasteiger partial charge is 1.00 e. The predicted molar refractivity (Wildman–Crippen MR) is 78.4 cm³/mol. The zero-order chi connectivity index (χ0) is 13.6. The topological polar surface area (TPSA) is 0 Å². The van der Waals surface area contributed by atoms with E-state index >= 15 is 0 Å². The van der Waals surface area contributed by atoms with Crippen LogP contribution in [0.15, 0.2) is 53.1 Å². The van der Waals surface area contributed by atoms with Crippen LogP contribution < -0.4 is 42.4 Å². The maximum atomic E-state index is 2.50. The van der Waals surface area contributed by atoms with Crippen molar-refractivity contribution in [3.05, 3.63) is 53.1 Å². The van der Waals surface area contributed by atoms with Crippen molar-refractivity contribution in [3.8, 4) is 0 Å². The van der Waals surface area contributed by atoms with E-state index in [1.165, 1.54) is 11.1 Å². The van der Waals surface area contributed by atoms with Crippen molar-refractivity contribution in [2.75, 3.05) is 0 Å². The quantitative estimate of drug-likeness (QED) is 0.441. The molecule has 21 heavy (non-hydrogen) atoms. The minimum absolute atomic E-state index is 0. The molecule has 1 aromatic carbocycles. The third kappa shape index (κ3) is 3.71. The van der Waals surface area contributed by atoms with Crippen molar-refractivity contribution in [1.29, 1.82) is 0 Å². The van der Waals surface area contributed by atoms with Crippen molar-refractivity contribution >= 4 is 13.3 Å². The van der Waals surface area contributed by atoms with Gasteiger partial charge in [0.15, 0.2) is 0 Å². The summed E-state index contributed by atoms with van der Waals surface area (Å²) >= 11 is 2.45. The molecule has 2 rings (SSSR count). The molecule has 5 heteroatoms. The van der Waals surface area contributed by atoms with E-state index in [0.717, 1.165) is 0 Å². The molecule has 0 aliphatic heterocycles. The van der Waals surface area contributed by atoms with E-state index in [0.29, 0.717) is 0 Å². The number of allylic oxidation sites excluding steroid dienone is 4. The number of benzene rings is 1. The van der Waals surface area contributed by atoms with Gasteiger partial charge in [-0.15, -0.1) is 0 Å². The van der Waals surface area contributed by atoms with Gasteiger partial charge in [0.2, 0.25) is 0 Å². The SMILES string of the molecule is CC1=CC(C)=C(C)[C]1([Ti+3])[Si](C)(C)c1ccccc1.[Cl-].[Cl-].[Cl-]. The maximum absolute atomic E-state index is 2.50. The predicted octanol–water partition coefficient (Wildman–Crippen LogP) is -4.84. The van der Waals surface area contributed by atoms with Gasteiger partial charge in [-0.3, -0.25) is 0 Å². The maximum Gasteiger partial charge on any atom is -1.00 e. The van der Waals surface area contributed by atoms with Crippen LogP contribution in [0.4, 0.5) is 0 Å². The Morgan fingerprint density at radius 3 is 1.76 bits per heavy atom. The Morgan fingerprint density at radius 1 is 0.905 bits per heavy atom. The van der Waals surface area contributed by atoms with E-state index in [2.05, 4.69) is 90.7 Å². The van der Waals surface area contributed by atoms with E-state index < -0.39 is 8.07 Å². The molecule has 1 unspecified atom stereocenters.